The van der Waals surface area contributed by atoms with Gasteiger partial charge in [0, 0.05) is 6.42 Å². The molecule has 2 heterocycles. The van der Waals surface area contributed by atoms with Crippen LogP contribution < -0.4 is 11.1 Å². The lowest BCUT2D eigenvalue weighted by Crippen LogP contribution is -2.47. The molecule has 0 aliphatic carbocycles. The van der Waals surface area contributed by atoms with Gasteiger partial charge < -0.3 is 11.1 Å². The highest BCUT2D eigenvalue weighted by Crippen LogP contribution is 2.10. The first kappa shape index (κ1) is 17.9. The van der Waals surface area contributed by atoms with Crippen LogP contribution in [-0.4, -0.2) is 43.4 Å². The van der Waals surface area contributed by atoms with Crippen molar-refractivity contribution in [1.29, 1.82) is 0 Å². The minimum atomic E-state index is -1.11. The number of Topliss-reactive ketones (excluding diaryl/α,β-unsaturated/α-hetero) is 1. The Balaban J connectivity index is 1.84. The number of ketones is 1. The average molecular weight is 364 g/mol. The maximum atomic E-state index is 12.7. The minimum Gasteiger partial charge on any atom is -0.363 e. The van der Waals surface area contributed by atoms with Crippen molar-refractivity contribution in [3.63, 3.8) is 0 Å². The van der Waals surface area contributed by atoms with E-state index >= 15 is 0 Å². The third kappa shape index (κ3) is 4.21. The molecule has 3 rings (SSSR count). The lowest BCUT2D eigenvalue weighted by molar-refractivity contribution is -0.137. The number of hydrogen-bond acceptors (Lipinski definition) is 6. The van der Waals surface area contributed by atoms with Crippen molar-refractivity contribution in [3.05, 3.63) is 72.6 Å². The van der Waals surface area contributed by atoms with Gasteiger partial charge in [-0.25, -0.2) is 4.98 Å². The monoisotopic (exact) mass is 364 g/mol. The number of imidazole rings is 1. The number of amides is 2. The first-order valence-electron chi connectivity index (χ1n) is 8.04. The molecular weight excluding hydrogens is 348 g/mol. The van der Waals surface area contributed by atoms with E-state index in [4.69, 9.17) is 5.73 Å². The number of hydrogen-bond donors (Lipinski definition) is 2. The van der Waals surface area contributed by atoms with E-state index in [-0.39, 0.29) is 12.1 Å². The Bertz CT molecular complexity index is 955. The van der Waals surface area contributed by atoms with Crippen LogP contribution in [0.25, 0.3) is 5.69 Å². The zero-order chi connectivity index (χ0) is 19.2. The average Bonchev–Trinajstić information content (AvgIpc) is 3.18. The van der Waals surface area contributed by atoms with E-state index in [0.29, 0.717) is 5.69 Å². The maximum Gasteiger partial charge on any atom is 0.287 e. The molecule has 2 amide bonds. The second-order valence-corrected chi connectivity index (χ2v) is 5.69. The van der Waals surface area contributed by atoms with Gasteiger partial charge in [0.2, 0.25) is 5.78 Å². The fourth-order valence-corrected chi connectivity index (χ4v) is 2.56. The number of nitrogens with two attached hydrogens (primary N) is 1. The van der Waals surface area contributed by atoms with E-state index in [1.54, 1.807) is 30.3 Å². The second-order valence-electron chi connectivity index (χ2n) is 5.69. The quantitative estimate of drug-likeness (QED) is 0.570. The van der Waals surface area contributed by atoms with Crippen LogP contribution in [0, 0.1) is 0 Å². The molecule has 27 heavy (non-hydrogen) atoms. The highest BCUT2D eigenvalue weighted by atomic mass is 16.2. The highest BCUT2D eigenvalue weighted by Gasteiger charge is 2.27. The normalized spacial score (nSPS) is 11.6. The van der Waals surface area contributed by atoms with Gasteiger partial charge in [-0.1, -0.05) is 30.3 Å². The van der Waals surface area contributed by atoms with Crippen molar-refractivity contribution in [2.24, 2.45) is 5.73 Å². The summed E-state index contributed by atoms with van der Waals surface area (Å²) in [6.45, 7) is 0. The number of primary amides is 1. The molecule has 1 aromatic carbocycles. The summed E-state index contributed by atoms with van der Waals surface area (Å²) in [7, 11) is 0. The Hall–Kier alpha value is -3.88. The van der Waals surface area contributed by atoms with Crippen molar-refractivity contribution in [2.45, 2.75) is 12.5 Å². The molecule has 136 valence electrons. The summed E-state index contributed by atoms with van der Waals surface area (Å²) in [6.07, 6.45) is 5.87. The number of rotatable bonds is 7. The first-order valence-corrected chi connectivity index (χ1v) is 8.04. The molecule has 0 saturated carbocycles. The predicted molar refractivity (Wildman–Crippen MR) is 94.8 cm³/mol. The summed E-state index contributed by atoms with van der Waals surface area (Å²) in [5.74, 6) is -2.55. The number of nitrogens with one attached hydrogen (secondary N) is 1. The van der Waals surface area contributed by atoms with Crippen LogP contribution in [0.4, 0.5) is 0 Å². The number of aromatic nitrogens is 4. The zero-order valence-corrected chi connectivity index (χ0v) is 14.1. The molecule has 0 aliphatic heterocycles. The smallest absolute Gasteiger partial charge is 0.287 e. The van der Waals surface area contributed by atoms with Crippen LogP contribution in [0.2, 0.25) is 0 Å². The molecular formula is C18H16N6O3. The van der Waals surface area contributed by atoms with E-state index in [9.17, 15) is 14.4 Å². The standard InChI is InChI=1S/C18H16N6O3/c19-17(26)16(25)14(8-12-4-2-1-3-5-12)23-18(27)15-10-20-11-24(15)13-6-7-21-22-9-13/h1-7,9-11,14H,8H2,(H2,19,26)(H,23,27). The number of carbonyl (C=O) groups excluding carboxylic acids is 3. The Morgan fingerprint density at radius 3 is 2.52 bits per heavy atom. The largest absolute Gasteiger partial charge is 0.363 e. The molecule has 0 bridgehead atoms. The van der Waals surface area contributed by atoms with Gasteiger partial charge in [-0.15, -0.1) is 0 Å². The molecule has 1 unspecified atom stereocenters. The highest BCUT2D eigenvalue weighted by molar-refractivity contribution is 6.38. The lowest BCUT2D eigenvalue weighted by atomic mass is 10.0. The van der Waals surface area contributed by atoms with E-state index in [0.717, 1.165) is 5.56 Å². The topological polar surface area (TPSA) is 133 Å². The van der Waals surface area contributed by atoms with Gasteiger partial charge in [0.25, 0.3) is 11.8 Å². The molecule has 9 heteroatoms. The predicted octanol–water partition coefficient (Wildman–Crippen LogP) is 0.0578. The molecule has 0 radical (unpaired) electrons. The minimum absolute atomic E-state index is 0.138. The number of benzene rings is 1. The van der Waals surface area contributed by atoms with Crippen LogP contribution >= 0.6 is 0 Å². The molecule has 1 atom stereocenters. The van der Waals surface area contributed by atoms with Crippen LogP contribution in [0.3, 0.4) is 0 Å². The summed E-state index contributed by atoms with van der Waals surface area (Å²) < 4.78 is 1.50. The van der Waals surface area contributed by atoms with Crippen molar-refractivity contribution in [2.75, 3.05) is 0 Å². The Labute approximate surface area is 154 Å². The van der Waals surface area contributed by atoms with E-state index in [1.807, 2.05) is 6.07 Å². The molecule has 2 aromatic heterocycles. The van der Waals surface area contributed by atoms with Gasteiger partial charge in [0.15, 0.2) is 0 Å². The summed E-state index contributed by atoms with van der Waals surface area (Å²) in [6, 6.07) is 9.58. The fourth-order valence-electron chi connectivity index (χ4n) is 2.56. The van der Waals surface area contributed by atoms with Gasteiger partial charge in [-0.3, -0.25) is 19.0 Å². The Morgan fingerprint density at radius 2 is 1.85 bits per heavy atom. The molecule has 0 fully saturated rings. The molecule has 9 nitrogen and oxygen atoms in total. The second kappa shape index (κ2) is 8.00. The van der Waals surface area contributed by atoms with Crippen molar-refractivity contribution in [1.82, 2.24) is 25.1 Å². The van der Waals surface area contributed by atoms with Gasteiger partial charge in [-0.2, -0.15) is 10.2 Å². The lowest BCUT2D eigenvalue weighted by Gasteiger charge is -2.17. The summed E-state index contributed by atoms with van der Waals surface area (Å²) in [5, 5.41) is 10.0. The number of carbonyl (C=O) groups is 3. The van der Waals surface area contributed by atoms with E-state index < -0.39 is 23.6 Å². The SMILES string of the molecule is NC(=O)C(=O)C(Cc1ccccc1)NC(=O)c1cncn1-c1ccnnc1. The summed E-state index contributed by atoms with van der Waals surface area (Å²) >= 11 is 0. The Morgan fingerprint density at radius 1 is 1.07 bits per heavy atom. The molecule has 0 aliphatic rings. The number of nitrogens with zero attached hydrogens (tertiary/aromatic N) is 4. The van der Waals surface area contributed by atoms with E-state index in [1.165, 1.54) is 29.5 Å². The van der Waals surface area contributed by atoms with Crippen LogP contribution in [0.15, 0.2) is 61.3 Å². The molecule has 3 N–H and O–H groups in total. The third-order valence-corrected chi connectivity index (χ3v) is 3.87. The third-order valence-electron chi connectivity index (χ3n) is 3.87. The van der Waals surface area contributed by atoms with Crippen LogP contribution in [-0.2, 0) is 16.0 Å². The van der Waals surface area contributed by atoms with Crippen molar-refractivity contribution in [3.8, 4) is 5.69 Å². The summed E-state index contributed by atoms with van der Waals surface area (Å²) in [4.78, 5) is 40.2. The van der Waals surface area contributed by atoms with Gasteiger partial charge >= 0.3 is 0 Å². The van der Waals surface area contributed by atoms with Crippen molar-refractivity contribution >= 4 is 17.6 Å². The molecule has 3 aromatic rings. The van der Waals surface area contributed by atoms with Crippen LogP contribution in [0.1, 0.15) is 16.1 Å². The zero-order valence-electron chi connectivity index (χ0n) is 14.1. The fraction of sp³-hybridized carbons (Fsp3) is 0.111. The molecule has 0 spiro atoms. The molecule has 0 saturated heterocycles. The maximum absolute atomic E-state index is 12.7. The first-order chi connectivity index (χ1) is 13.1. The summed E-state index contributed by atoms with van der Waals surface area (Å²) in [5.41, 5.74) is 6.67. The van der Waals surface area contributed by atoms with Crippen LogP contribution in [0.5, 0.6) is 0 Å². The Kier molecular flexibility index (Phi) is 5.31. The van der Waals surface area contributed by atoms with Gasteiger partial charge in [-0.05, 0) is 11.6 Å². The van der Waals surface area contributed by atoms with Gasteiger partial charge in [0.05, 0.1) is 30.6 Å². The van der Waals surface area contributed by atoms with Crippen molar-refractivity contribution < 1.29 is 14.4 Å². The van der Waals surface area contributed by atoms with E-state index in [2.05, 4.69) is 20.5 Å². The van der Waals surface area contributed by atoms with Gasteiger partial charge in [0.1, 0.15) is 11.7 Å².